The Balaban J connectivity index is 2.89. The Morgan fingerprint density at radius 2 is 1.71 bits per heavy atom. The van der Waals surface area contributed by atoms with Crippen LogP contribution in [0.25, 0.3) is 0 Å². The van der Waals surface area contributed by atoms with Gasteiger partial charge >= 0.3 is 0 Å². The molecule has 0 bridgehead atoms. The van der Waals surface area contributed by atoms with Gasteiger partial charge in [-0.15, -0.1) is 25.3 Å². The summed E-state index contributed by atoms with van der Waals surface area (Å²) in [5.41, 5.74) is 0.801. The molecule has 1 unspecified atom stereocenters. The molecule has 14 heavy (non-hydrogen) atoms. The monoisotopic (exact) mass is 226 g/mol. The van der Waals surface area contributed by atoms with Gasteiger partial charge in [0.05, 0.1) is 5.92 Å². The van der Waals surface area contributed by atoms with E-state index in [1.54, 1.807) is 12.1 Å². The van der Waals surface area contributed by atoms with Crippen molar-refractivity contribution in [2.45, 2.75) is 12.3 Å². The van der Waals surface area contributed by atoms with Crippen molar-refractivity contribution in [3.63, 3.8) is 0 Å². The minimum absolute atomic E-state index is 0.0927. The third-order valence-corrected chi connectivity index (χ3v) is 2.37. The van der Waals surface area contributed by atoms with Gasteiger partial charge in [0.1, 0.15) is 0 Å². The van der Waals surface area contributed by atoms with Gasteiger partial charge in [-0.3, -0.25) is 9.59 Å². The molecule has 0 spiro atoms. The Morgan fingerprint density at radius 1 is 1.14 bits per heavy atom. The number of hydrogen-bond donors (Lipinski definition) is 2. The first-order valence-electron chi connectivity index (χ1n) is 4.11. The SMILES string of the molecule is O=C(S)CC(C(=O)S)c1ccccc1. The standard InChI is InChI=1S/C10H10O2S2/c11-9(13)6-8(10(12)14)7-4-2-1-3-5-7/h1-5,8H,6H2,(H,11,13)(H,12,14). The Morgan fingerprint density at radius 3 is 2.14 bits per heavy atom. The lowest BCUT2D eigenvalue weighted by Crippen LogP contribution is -2.09. The molecule has 0 heterocycles. The van der Waals surface area contributed by atoms with Gasteiger partial charge in [0, 0.05) is 6.42 Å². The second kappa shape index (κ2) is 5.22. The van der Waals surface area contributed by atoms with Crippen LogP contribution in [0, 0.1) is 0 Å². The summed E-state index contributed by atoms with van der Waals surface area (Å²) in [6.45, 7) is 0. The van der Waals surface area contributed by atoms with Crippen LogP contribution in [0.15, 0.2) is 30.3 Å². The van der Waals surface area contributed by atoms with Gasteiger partial charge < -0.3 is 0 Å². The van der Waals surface area contributed by atoms with E-state index in [2.05, 4.69) is 25.3 Å². The molecule has 0 aromatic heterocycles. The van der Waals surface area contributed by atoms with Crippen molar-refractivity contribution in [3.8, 4) is 0 Å². The molecule has 0 saturated heterocycles. The molecule has 1 aromatic rings. The van der Waals surface area contributed by atoms with E-state index in [4.69, 9.17) is 0 Å². The van der Waals surface area contributed by atoms with Crippen molar-refractivity contribution in [2.75, 3.05) is 0 Å². The molecule has 0 aliphatic rings. The summed E-state index contributed by atoms with van der Waals surface area (Å²) in [5, 5.41) is -0.611. The molecule has 0 aliphatic heterocycles. The van der Waals surface area contributed by atoms with E-state index in [-0.39, 0.29) is 16.7 Å². The van der Waals surface area contributed by atoms with E-state index in [1.165, 1.54) is 0 Å². The highest BCUT2D eigenvalue weighted by atomic mass is 32.1. The minimum atomic E-state index is -0.482. The fourth-order valence-electron chi connectivity index (χ4n) is 1.21. The van der Waals surface area contributed by atoms with E-state index < -0.39 is 5.92 Å². The Kier molecular flexibility index (Phi) is 4.22. The molecular weight excluding hydrogens is 216 g/mol. The van der Waals surface area contributed by atoms with Crippen LogP contribution in [0.4, 0.5) is 0 Å². The van der Waals surface area contributed by atoms with Crippen LogP contribution >= 0.6 is 25.3 Å². The third-order valence-electron chi connectivity index (χ3n) is 1.88. The summed E-state index contributed by atoms with van der Waals surface area (Å²) in [4.78, 5) is 22.0. The average molecular weight is 226 g/mol. The maximum Gasteiger partial charge on any atom is 0.193 e. The van der Waals surface area contributed by atoms with E-state index in [9.17, 15) is 9.59 Å². The first-order chi connectivity index (χ1) is 6.61. The van der Waals surface area contributed by atoms with Crippen LogP contribution in [0.1, 0.15) is 17.9 Å². The molecule has 1 aromatic carbocycles. The van der Waals surface area contributed by atoms with Gasteiger partial charge in [0.2, 0.25) is 0 Å². The Bertz CT molecular complexity index is 335. The van der Waals surface area contributed by atoms with Gasteiger partial charge in [-0.05, 0) is 5.56 Å². The number of hydrogen-bond acceptors (Lipinski definition) is 2. The van der Waals surface area contributed by atoms with Gasteiger partial charge in [0.15, 0.2) is 10.2 Å². The van der Waals surface area contributed by atoms with Crippen molar-refractivity contribution in [3.05, 3.63) is 35.9 Å². The summed E-state index contributed by atoms with van der Waals surface area (Å²) in [7, 11) is 0. The third kappa shape index (κ3) is 3.20. The maximum absolute atomic E-state index is 11.2. The smallest absolute Gasteiger partial charge is 0.193 e. The van der Waals surface area contributed by atoms with Crippen LogP contribution in [0.3, 0.4) is 0 Å². The fraction of sp³-hybridized carbons (Fsp3) is 0.200. The largest absolute Gasteiger partial charge is 0.287 e. The first-order valence-corrected chi connectivity index (χ1v) is 5.00. The van der Waals surface area contributed by atoms with Crippen molar-refractivity contribution < 1.29 is 9.59 Å². The summed E-state index contributed by atoms with van der Waals surface area (Å²) in [6, 6.07) is 9.10. The van der Waals surface area contributed by atoms with Crippen LogP contribution in [-0.4, -0.2) is 10.2 Å². The summed E-state index contributed by atoms with van der Waals surface area (Å²) < 4.78 is 0. The highest BCUT2D eigenvalue weighted by Crippen LogP contribution is 2.22. The van der Waals surface area contributed by atoms with E-state index >= 15 is 0 Å². The number of carbonyl (C=O) groups excluding carboxylic acids is 2. The second-order valence-electron chi connectivity index (χ2n) is 2.90. The van der Waals surface area contributed by atoms with Gasteiger partial charge in [-0.1, -0.05) is 30.3 Å². The first kappa shape index (κ1) is 11.3. The zero-order valence-electron chi connectivity index (χ0n) is 7.38. The van der Waals surface area contributed by atoms with E-state index in [0.29, 0.717) is 0 Å². The number of benzene rings is 1. The normalized spacial score (nSPS) is 12.1. The highest BCUT2D eigenvalue weighted by Gasteiger charge is 2.19. The lowest BCUT2D eigenvalue weighted by Gasteiger charge is -2.10. The number of carbonyl (C=O) groups is 2. The molecule has 74 valence electrons. The Labute approximate surface area is 93.5 Å². The van der Waals surface area contributed by atoms with E-state index in [0.717, 1.165) is 5.56 Å². The van der Waals surface area contributed by atoms with Crippen LogP contribution in [0.5, 0.6) is 0 Å². The molecule has 4 heteroatoms. The van der Waals surface area contributed by atoms with Crippen molar-refractivity contribution in [1.82, 2.24) is 0 Å². The zero-order chi connectivity index (χ0) is 10.6. The molecule has 0 fully saturated rings. The predicted molar refractivity (Wildman–Crippen MR) is 61.8 cm³/mol. The molecule has 2 nitrogen and oxygen atoms in total. The van der Waals surface area contributed by atoms with Crippen LogP contribution in [0.2, 0.25) is 0 Å². The van der Waals surface area contributed by atoms with Gasteiger partial charge in [-0.25, -0.2) is 0 Å². The van der Waals surface area contributed by atoms with Gasteiger partial charge in [0.25, 0.3) is 0 Å². The van der Waals surface area contributed by atoms with Gasteiger partial charge in [-0.2, -0.15) is 0 Å². The Hall–Kier alpha value is -0.740. The topological polar surface area (TPSA) is 34.1 Å². The molecule has 1 atom stereocenters. The molecule has 0 saturated carbocycles. The molecule has 0 N–H and O–H groups in total. The summed E-state index contributed by atoms with van der Waals surface area (Å²) in [5.74, 6) is -0.482. The van der Waals surface area contributed by atoms with Crippen LogP contribution in [-0.2, 0) is 9.59 Å². The van der Waals surface area contributed by atoms with Crippen molar-refractivity contribution in [2.24, 2.45) is 0 Å². The lowest BCUT2D eigenvalue weighted by molar-refractivity contribution is -0.116. The quantitative estimate of drug-likeness (QED) is 0.771. The number of rotatable bonds is 4. The zero-order valence-corrected chi connectivity index (χ0v) is 9.17. The fourth-order valence-corrected chi connectivity index (χ4v) is 1.63. The summed E-state index contributed by atoms with van der Waals surface area (Å²) in [6.07, 6.45) is 0.0927. The average Bonchev–Trinajstić information content (AvgIpc) is 2.15. The van der Waals surface area contributed by atoms with E-state index in [1.807, 2.05) is 18.2 Å². The van der Waals surface area contributed by atoms with Crippen molar-refractivity contribution in [1.29, 1.82) is 0 Å². The minimum Gasteiger partial charge on any atom is -0.287 e. The second-order valence-corrected chi connectivity index (χ2v) is 3.84. The lowest BCUT2D eigenvalue weighted by atomic mass is 9.98. The molecule has 0 radical (unpaired) electrons. The highest BCUT2D eigenvalue weighted by molar-refractivity contribution is 7.97. The molecule has 0 amide bonds. The molecule has 1 rings (SSSR count). The van der Waals surface area contributed by atoms with Crippen molar-refractivity contribution >= 4 is 35.5 Å². The van der Waals surface area contributed by atoms with Crippen LogP contribution < -0.4 is 0 Å². The summed E-state index contributed by atoms with van der Waals surface area (Å²) >= 11 is 7.41. The predicted octanol–water partition coefficient (Wildman–Crippen LogP) is 2.07. The molecular formula is C10H10O2S2. The molecule has 0 aliphatic carbocycles. The number of thiol groups is 2. The maximum atomic E-state index is 11.2.